The van der Waals surface area contributed by atoms with Gasteiger partial charge >= 0.3 is 13.1 Å². The molecule has 1 saturated heterocycles. The Labute approximate surface area is 108 Å². The molecule has 0 radical (unpaired) electrons. The first-order valence-electron chi connectivity index (χ1n) is 5.77. The molecule has 2 aliphatic heterocycles. The molecular formula is C11H11BO7. The van der Waals surface area contributed by atoms with E-state index >= 15 is 0 Å². The minimum atomic E-state index is -1.20. The van der Waals surface area contributed by atoms with Crippen LogP contribution in [0.1, 0.15) is 10.4 Å². The Bertz CT molecular complexity index is 514. The number of carboxylic acids is 1. The van der Waals surface area contributed by atoms with Gasteiger partial charge in [0.15, 0.2) is 11.5 Å². The van der Waals surface area contributed by atoms with Crippen LogP contribution in [-0.4, -0.2) is 49.0 Å². The van der Waals surface area contributed by atoms with Gasteiger partial charge in [-0.1, -0.05) is 0 Å². The molecule has 2 heterocycles. The Kier molecular flexibility index (Phi) is 2.96. The van der Waals surface area contributed by atoms with Crippen LogP contribution >= 0.6 is 0 Å². The van der Waals surface area contributed by atoms with Crippen LogP contribution in [0.5, 0.6) is 17.2 Å². The van der Waals surface area contributed by atoms with Gasteiger partial charge in [-0.2, -0.15) is 0 Å². The predicted octanol–water partition coefficient (Wildman–Crippen LogP) is -0.0467. The van der Waals surface area contributed by atoms with Gasteiger partial charge in [0.1, 0.15) is 23.9 Å². The highest BCUT2D eigenvalue weighted by Gasteiger charge is 2.33. The number of hydrogen-bond acceptors (Lipinski definition) is 6. The monoisotopic (exact) mass is 266 g/mol. The van der Waals surface area contributed by atoms with E-state index in [1.165, 1.54) is 6.07 Å². The van der Waals surface area contributed by atoms with Crippen LogP contribution in [0.4, 0.5) is 0 Å². The third-order valence-electron chi connectivity index (χ3n) is 2.83. The van der Waals surface area contributed by atoms with E-state index in [4.69, 9.17) is 18.9 Å². The SMILES string of the molecule is O=C(O)c1c(OC2COC2)ccc2c1OB(O)CO2. The first kappa shape index (κ1) is 12.1. The third kappa shape index (κ3) is 2.20. The Hall–Kier alpha value is -1.93. The molecule has 1 fully saturated rings. The maximum absolute atomic E-state index is 11.4. The Morgan fingerprint density at radius 2 is 2.21 bits per heavy atom. The van der Waals surface area contributed by atoms with Crippen LogP contribution in [-0.2, 0) is 4.74 Å². The molecule has 0 saturated carbocycles. The maximum atomic E-state index is 11.4. The van der Waals surface area contributed by atoms with Crippen molar-refractivity contribution in [3.05, 3.63) is 17.7 Å². The highest BCUT2D eigenvalue weighted by Crippen LogP contribution is 2.40. The lowest BCUT2D eigenvalue weighted by Gasteiger charge is -2.29. The van der Waals surface area contributed by atoms with E-state index < -0.39 is 13.1 Å². The highest BCUT2D eigenvalue weighted by atomic mass is 16.6. The smallest absolute Gasteiger partial charge is 0.531 e. The van der Waals surface area contributed by atoms with Crippen molar-refractivity contribution in [3.63, 3.8) is 0 Å². The van der Waals surface area contributed by atoms with Gasteiger partial charge in [-0.15, -0.1) is 0 Å². The topological polar surface area (TPSA) is 94.5 Å². The summed E-state index contributed by atoms with van der Waals surface area (Å²) in [5, 5.41) is 18.7. The van der Waals surface area contributed by atoms with Gasteiger partial charge in [-0.3, -0.25) is 0 Å². The predicted molar refractivity (Wildman–Crippen MR) is 62.7 cm³/mol. The molecule has 0 unspecified atom stereocenters. The highest BCUT2D eigenvalue weighted by molar-refractivity contribution is 6.44. The second-order valence-corrected chi connectivity index (χ2v) is 4.23. The third-order valence-corrected chi connectivity index (χ3v) is 2.83. The number of ether oxygens (including phenoxy) is 3. The Morgan fingerprint density at radius 3 is 2.84 bits per heavy atom. The molecule has 0 spiro atoms. The molecule has 3 rings (SSSR count). The molecule has 2 N–H and O–H groups in total. The minimum absolute atomic E-state index is 0.0102. The van der Waals surface area contributed by atoms with Crippen LogP contribution in [0, 0.1) is 0 Å². The van der Waals surface area contributed by atoms with E-state index in [0.29, 0.717) is 13.2 Å². The normalized spacial score (nSPS) is 17.8. The van der Waals surface area contributed by atoms with Gasteiger partial charge in [0.05, 0.1) is 13.2 Å². The molecule has 0 atom stereocenters. The molecule has 1 aromatic rings. The fourth-order valence-corrected chi connectivity index (χ4v) is 1.87. The Balaban J connectivity index is 1.99. The van der Waals surface area contributed by atoms with Crippen molar-refractivity contribution >= 4 is 13.1 Å². The van der Waals surface area contributed by atoms with E-state index in [1.54, 1.807) is 6.07 Å². The quantitative estimate of drug-likeness (QED) is 0.741. The summed E-state index contributed by atoms with van der Waals surface area (Å²) in [6.07, 6.45) is -0.161. The van der Waals surface area contributed by atoms with Crippen molar-refractivity contribution in [1.82, 2.24) is 0 Å². The molecule has 100 valence electrons. The van der Waals surface area contributed by atoms with Crippen molar-refractivity contribution in [1.29, 1.82) is 0 Å². The lowest BCUT2D eigenvalue weighted by molar-refractivity contribution is -0.0800. The second kappa shape index (κ2) is 4.63. The van der Waals surface area contributed by atoms with Crippen molar-refractivity contribution in [3.8, 4) is 17.2 Å². The zero-order valence-electron chi connectivity index (χ0n) is 9.87. The number of rotatable bonds is 3. The van der Waals surface area contributed by atoms with E-state index in [9.17, 15) is 14.9 Å². The fourth-order valence-electron chi connectivity index (χ4n) is 1.87. The summed E-state index contributed by atoms with van der Waals surface area (Å²) >= 11 is 0. The molecule has 0 amide bonds. The summed E-state index contributed by atoms with van der Waals surface area (Å²) in [5.74, 6) is -0.758. The lowest BCUT2D eigenvalue weighted by atomic mass is 9.91. The average Bonchev–Trinajstić information content (AvgIpc) is 2.32. The molecule has 8 heteroatoms. The molecular weight excluding hydrogens is 255 g/mol. The number of hydrogen-bond donors (Lipinski definition) is 2. The molecule has 2 aliphatic rings. The van der Waals surface area contributed by atoms with Crippen LogP contribution in [0.3, 0.4) is 0 Å². The zero-order valence-corrected chi connectivity index (χ0v) is 9.87. The maximum Gasteiger partial charge on any atom is 0.563 e. The zero-order chi connectivity index (χ0) is 13.4. The van der Waals surface area contributed by atoms with Crippen molar-refractivity contribution in [2.45, 2.75) is 6.10 Å². The minimum Gasteiger partial charge on any atom is -0.531 e. The van der Waals surface area contributed by atoms with E-state index in [2.05, 4.69) is 0 Å². The largest absolute Gasteiger partial charge is 0.563 e. The summed E-state index contributed by atoms with van der Waals surface area (Å²) < 4.78 is 20.8. The van der Waals surface area contributed by atoms with E-state index in [-0.39, 0.29) is 35.4 Å². The molecule has 19 heavy (non-hydrogen) atoms. The average molecular weight is 266 g/mol. The second-order valence-electron chi connectivity index (χ2n) is 4.23. The lowest BCUT2D eigenvalue weighted by Crippen LogP contribution is -2.39. The molecule has 1 aromatic carbocycles. The van der Waals surface area contributed by atoms with Gasteiger partial charge in [0.2, 0.25) is 0 Å². The van der Waals surface area contributed by atoms with Gasteiger partial charge in [0.25, 0.3) is 0 Å². The summed E-state index contributed by atoms with van der Waals surface area (Å²) in [6.45, 7) is 0.814. The summed E-state index contributed by atoms with van der Waals surface area (Å²) in [5.41, 5.74) is -0.150. The molecule has 0 bridgehead atoms. The summed E-state index contributed by atoms with van der Waals surface area (Å²) in [4.78, 5) is 11.4. The van der Waals surface area contributed by atoms with E-state index in [1.807, 2.05) is 0 Å². The number of benzene rings is 1. The molecule has 0 aliphatic carbocycles. The molecule has 7 nitrogen and oxygen atoms in total. The van der Waals surface area contributed by atoms with Crippen molar-refractivity contribution < 1.29 is 33.8 Å². The van der Waals surface area contributed by atoms with Crippen LogP contribution < -0.4 is 14.1 Å². The Morgan fingerprint density at radius 1 is 1.42 bits per heavy atom. The fraction of sp³-hybridized carbons (Fsp3) is 0.364. The standard InChI is InChI=1S/C11H11BO7/c13-11(14)9-7(18-6-3-16-4-6)1-2-8-10(9)19-12(15)5-17-8/h1-2,6,15H,3-5H2,(H,13,14). The number of fused-ring (bicyclic) bond motifs is 1. The summed E-state index contributed by atoms with van der Waals surface area (Å²) in [7, 11) is -1.19. The van der Waals surface area contributed by atoms with Crippen LogP contribution in [0.2, 0.25) is 0 Å². The number of carbonyl (C=O) groups is 1. The van der Waals surface area contributed by atoms with Gasteiger partial charge in [-0.05, 0) is 12.1 Å². The van der Waals surface area contributed by atoms with Crippen molar-refractivity contribution in [2.75, 3.05) is 19.7 Å². The first-order chi connectivity index (χ1) is 9.15. The number of aromatic carboxylic acids is 1. The van der Waals surface area contributed by atoms with Gasteiger partial charge < -0.3 is 29.0 Å². The van der Waals surface area contributed by atoms with Crippen LogP contribution in [0.25, 0.3) is 0 Å². The first-order valence-corrected chi connectivity index (χ1v) is 5.77. The van der Waals surface area contributed by atoms with Crippen molar-refractivity contribution in [2.24, 2.45) is 0 Å². The van der Waals surface area contributed by atoms with Gasteiger partial charge in [-0.25, -0.2) is 4.79 Å². The van der Waals surface area contributed by atoms with Gasteiger partial charge in [0, 0.05) is 0 Å². The van der Waals surface area contributed by atoms with Crippen LogP contribution in [0.15, 0.2) is 12.1 Å². The summed E-state index contributed by atoms with van der Waals surface area (Å²) in [6, 6.07) is 3.07. The molecule has 0 aromatic heterocycles. The number of carboxylic acid groups (broad SMARTS) is 1. The van der Waals surface area contributed by atoms with E-state index in [0.717, 1.165) is 0 Å².